The summed E-state index contributed by atoms with van der Waals surface area (Å²) >= 11 is 0. The predicted octanol–water partition coefficient (Wildman–Crippen LogP) is 0.593. The first-order valence-corrected chi connectivity index (χ1v) is 6.83. The zero-order valence-corrected chi connectivity index (χ0v) is 11.5. The topological polar surface area (TPSA) is 85.8 Å². The molecule has 1 atom stereocenters. The number of carbonyl (C=O) groups is 1. The molecule has 1 saturated heterocycles. The number of morpholine rings is 1. The van der Waals surface area contributed by atoms with Gasteiger partial charge in [0.15, 0.2) is 11.2 Å². The second-order valence-corrected chi connectivity index (χ2v) is 4.95. The Morgan fingerprint density at radius 2 is 2.19 bits per heavy atom. The molecule has 2 heterocycles. The van der Waals surface area contributed by atoms with Crippen LogP contribution >= 0.6 is 0 Å². The van der Waals surface area contributed by atoms with Crippen molar-refractivity contribution < 1.29 is 13.9 Å². The highest BCUT2D eigenvalue weighted by Crippen LogP contribution is 2.15. The molecule has 6 nitrogen and oxygen atoms in total. The van der Waals surface area contributed by atoms with Gasteiger partial charge in [0.2, 0.25) is 0 Å². The van der Waals surface area contributed by atoms with Gasteiger partial charge >= 0.3 is 0 Å². The summed E-state index contributed by atoms with van der Waals surface area (Å²) in [6.07, 6.45) is -0.171. The number of carbonyl (C=O) groups excluding carboxylic acids is 1. The van der Waals surface area contributed by atoms with E-state index in [0.717, 1.165) is 0 Å². The van der Waals surface area contributed by atoms with Crippen LogP contribution in [0.5, 0.6) is 0 Å². The fourth-order valence-corrected chi connectivity index (χ4v) is 2.41. The second-order valence-electron chi connectivity index (χ2n) is 4.95. The minimum atomic E-state index is -0.306. The highest BCUT2D eigenvalue weighted by Gasteiger charge is 2.26. The van der Waals surface area contributed by atoms with Crippen molar-refractivity contribution in [2.45, 2.75) is 6.10 Å². The predicted molar refractivity (Wildman–Crippen MR) is 77.2 cm³/mol. The van der Waals surface area contributed by atoms with Gasteiger partial charge in [0, 0.05) is 25.7 Å². The van der Waals surface area contributed by atoms with Crippen LogP contribution in [-0.2, 0) is 4.74 Å². The van der Waals surface area contributed by atoms with Crippen LogP contribution in [0, 0.1) is 0 Å². The molecule has 2 N–H and O–H groups in total. The van der Waals surface area contributed by atoms with Crippen molar-refractivity contribution >= 4 is 16.9 Å². The van der Waals surface area contributed by atoms with Crippen molar-refractivity contribution in [2.75, 3.05) is 26.2 Å². The van der Waals surface area contributed by atoms with Crippen LogP contribution in [0.2, 0.25) is 0 Å². The Kier molecular flexibility index (Phi) is 3.72. The van der Waals surface area contributed by atoms with Crippen LogP contribution in [-0.4, -0.2) is 43.2 Å². The first-order chi connectivity index (χ1) is 10.2. The Bertz CT molecular complexity index is 725. The summed E-state index contributed by atoms with van der Waals surface area (Å²) in [5.41, 5.74) is 5.76. The number of para-hydroxylation sites is 1. The smallest absolute Gasteiger partial charge is 0.289 e. The van der Waals surface area contributed by atoms with Crippen LogP contribution in [0.1, 0.15) is 10.6 Å². The van der Waals surface area contributed by atoms with E-state index in [1.165, 1.54) is 6.07 Å². The molecular formula is C15H16N2O4. The number of nitrogens with two attached hydrogens (primary N) is 1. The lowest BCUT2D eigenvalue weighted by molar-refractivity contribution is -0.0177. The fourth-order valence-electron chi connectivity index (χ4n) is 2.41. The molecule has 1 aromatic heterocycles. The van der Waals surface area contributed by atoms with Crippen LogP contribution in [0.15, 0.2) is 39.5 Å². The maximum Gasteiger partial charge on any atom is 0.289 e. The molecule has 6 heteroatoms. The number of hydrogen-bond donors (Lipinski definition) is 1. The molecule has 1 fully saturated rings. The van der Waals surface area contributed by atoms with E-state index in [0.29, 0.717) is 37.2 Å². The van der Waals surface area contributed by atoms with Crippen LogP contribution in [0.25, 0.3) is 11.0 Å². The van der Waals surface area contributed by atoms with Gasteiger partial charge in [0.05, 0.1) is 18.1 Å². The lowest BCUT2D eigenvalue weighted by atomic mass is 10.2. The van der Waals surface area contributed by atoms with E-state index in [1.54, 1.807) is 29.2 Å². The molecule has 110 valence electrons. The molecule has 1 aromatic carbocycles. The van der Waals surface area contributed by atoms with Crippen molar-refractivity contribution in [3.05, 3.63) is 46.3 Å². The van der Waals surface area contributed by atoms with E-state index in [9.17, 15) is 9.59 Å². The summed E-state index contributed by atoms with van der Waals surface area (Å²) in [6.45, 7) is 1.66. The minimum absolute atomic E-state index is 0.0522. The monoisotopic (exact) mass is 288 g/mol. The van der Waals surface area contributed by atoms with E-state index in [4.69, 9.17) is 14.9 Å². The number of nitrogens with zero attached hydrogens (tertiary/aromatic N) is 1. The van der Waals surface area contributed by atoms with Gasteiger partial charge in [-0.15, -0.1) is 0 Å². The van der Waals surface area contributed by atoms with Crippen molar-refractivity contribution in [1.29, 1.82) is 0 Å². The highest BCUT2D eigenvalue weighted by atomic mass is 16.5. The lowest BCUT2D eigenvalue weighted by Crippen LogP contribution is -2.48. The first kappa shape index (κ1) is 13.8. The average Bonchev–Trinajstić information content (AvgIpc) is 2.54. The third-order valence-electron chi connectivity index (χ3n) is 3.53. The third-order valence-corrected chi connectivity index (χ3v) is 3.53. The van der Waals surface area contributed by atoms with E-state index in [1.807, 2.05) is 0 Å². The third kappa shape index (κ3) is 2.68. The quantitative estimate of drug-likeness (QED) is 0.874. The van der Waals surface area contributed by atoms with Gasteiger partial charge in [0.1, 0.15) is 5.58 Å². The van der Waals surface area contributed by atoms with Gasteiger partial charge in [-0.05, 0) is 12.1 Å². The summed E-state index contributed by atoms with van der Waals surface area (Å²) in [7, 11) is 0. The summed E-state index contributed by atoms with van der Waals surface area (Å²) < 4.78 is 11.0. The molecule has 3 rings (SSSR count). The molecule has 0 saturated carbocycles. The van der Waals surface area contributed by atoms with Gasteiger partial charge < -0.3 is 19.8 Å². The van der Waals surface area contributed by atoms with Gasteiger partial charge in [-0.25, -0.2) is 0 Å². The fraction of sp³-hybridized carbons (Fsp3) is 0.333. The summed E-state index contributed by atoms with van der Waals surface area (Å²) in [6, 6.07) is 8.12. The van der Waals surface area contributed by atoms with E-state index < -0.39 is 0 Å². The Hall–Kier alpha value is -2.18. The van der Waals surface area contributed by atoms with Crippen molar-refractivity contribution in [3.8, 4) is 0 Å². The maximum atomic E-state index is 12.5. The normalized spacial score (nSPS) is 18.9. The van der Waals surface area contributed by atoms with Gasteiger partial charge in [-0.2, -0.15) is 0 Å². The number of ether oxygens (including phenoxy) is 1. The standard InChI is InChI=1S/C15H16N2O4/c16-8-10-9-17(5-6-20-10)15(19)14-7-12(18)11-3-1-2-4-13(11)21-14/h1-4,7,10H,5-6,8-9,16H2. The number of benzene rings is 1. The number of fused-ring (bicyclic) bond motifs is 1. The van der Waals surface area contributed by atoms with Crippen LogP contribution in [0.4, 0.5) is 0 Å². The first-order valence-electron chi connectivity index (χ1n) is 6.83. The van der Waals surface area contributed by atoms with Crippen molar-refractivity contribution in [2.24, 2.45) is 5.73 Å². The van der Waals surface area contributed by atoms with Gasteiger partial charge in [-0.1, -0.05) is 12.1 Å². The average molecular weight is 288 g/mol. The molecule has 0 bridgehead atoms. The Morgan fingerprint density at radius 3 is 3.00 bits per heavy atom. The molecule has 21 heavy (non-hydrogen) atoms. The second kappa shape index (κ2) is 5.67. The zero-order valence-electron chi connectivity index (χ0n) is 11.5. The minimum Gasteiger partial charge on any atom is -0.451 e. The number of rotatable bonds is 2. The van der Waals surface area contributed by atoms with Gasteiger partial charge in [-0.3, -0.25) is 9.59 Å². The van der Waals surface area contributed by atoms with Crippen molar-refractivity contribution in [3.63, 3.8) is 0 Å². The molecule has 1 aliphatic rings. The molecule has 0 spiro atoms. The number of hydrogen-bond acceptors (Lipinski definition) is 5. The SMILES string of the molecule is NCC1CN(C(=O)c2cc(=O)c3ccccc3o2)CCO1. The van der Waals surface area contributed by atoms with Crippen LogP contribution in [0.3, 0.4) is 0 Å². The molecule has 2 aromatic rings. The zero-order chi connectivity index (χ0) is 14.8. The molecule has 1 unspecified atom stereocenters. The van der Waals surface area contributed by atoms with Gasteiger partial charge in [0.25, 0.3) is 5.91 Å². The summed E-state index contributed by atoms with van der Waals surface area (Å²) in [5, 5.41) is 0.468. The lowest BCUT2D eigenvalue weighted by Gasteiger charge is -2.31. The molecular weight excluding hydrogens is 272 g/mol. The Morgan fingerprint density at radius 1 is 1.38 bits per heavy atom. The van der Waals surface area contributed by atoms with Crippen LogP contribution < -0.4 is 11.2 Å². The van der Waals surface area contributed by atoms with E-state index >= 15 is 0 Å². The maximum absolute atomic E-state index is 12.5. The summed E-state index contributed by atoms with van der Waals surface area (Å²) in [5.74, 6) is -0.254. The van der Waals surface area contributed by atoms with E-state index in [2.05, 4.69) is 0 Å². The Labute approximate surface area is 121 Å². The van der Waals surface area contributed by atoms with E-state index in [-0.39, 0.29) is 23.2 Å². The largest absolute Gasteiger partial charge is 0.451 e. The van der Waals surface area contributed by atoms with Crippen molar-refractivity contribution in [1.82, 2.24) is 4.90 Å². The molecule has 0 aliphatic carbocycles. The Balaban J connectivity index is 1.93. The molecule has 1 amide bonds. The molecule has 0 radical (unpaired) electrons. The molecule has 1 aliphatic heterocycles. The number of amides is 1. The summed E-state index contributed by atoms with van der Waals surface area (Å²) in [4.78, 5) is 26.1. The highest BCUT2D eigenvalue weighted by molar-refractivity contribution is 5.93.